The molecule has 3 nitrogen and oxygen atoms in total. The fraction of sp³-hybridized carbons (Fsp3) is 0.583. The Bertz CT molecular complexity index is 340. The quantitative estimate of drug-likeness (QED) is 0.874. The topological polar surface area (TPSA) is 48.1 Å². The monoisotopic (exact) mass is 238 g/mol. The summed E-state index contributed by atoms with van der Waals surface area (Å²) in [7, 11) is 0. The molecular weight excluding hydrogens is 220 g/mol. The Morgan fingerprint density at radius 2 is 2.50 bits per heavy atom. The third-order valence-electron chi connectivity index (χ3n) is 2.90. The number of ether oxygens (including phenoxy) is 1. The first-order valence-electron chi connectivity index (χ1n) is 5.72. The summed E-state index contributed by atoms with van der Waals surface area (Å²) in [5, 5.41) is 0. The second kappa shape index (κ2) is 5.55. The van der Waals surface area contributed by atoms with Crippen molar-refractivity contribution in [3.63, 3.8) is 0 Å². The molecule has 2 heterocycles. The van der Waals surface area contributed by atoms with Gasteiger partial charge in [0.15, 0.2) is 0 Å². The van der Waals surface area contributed by atoms with Crippen molar-refractivity contribution in [3.8, 4) is 5.75 Å². The minimum atomic E-state index is 0.0999. The highest BCUT2D eigenvalue weighted by Gasteiger charge is 2.24. The Hall–Kier alpha value is -0.740. The zero-order valence-corrected chi connectivity index (χ0v) is 10.4. The first-order valence-corrected chi connectivity index (χ1v) is 6.87. The van der Waals surface area contributed by atoms with Crippen molar-refractivity contribution in [1.29, 1.82) is 0 Å². The van der Waals surface area contributed by atoms with Crippen LogP contribution >= 0.6 is 11.8 Å². The number of pyridine rings is 1. The molecule has 1 aromatic heterocycles. The minimum Gasteiger partial charge on any atom is -0.492 e. The van der Waals surface area contributed by atoms with E-state index in [1.807, 2.05) is 30.9 Å². The molecule has 2 N–H and O–H groups in total. The molecule has 1 aromatic rings. The van der Waals surface area contributed by atoms with Crippen LogP contribution in [0.3, 0.4) is 0 Å². The lowest BCUT2D eigenvalue weighted by atomic mass is 9.94. The van der Waals surface area contributed by atoms with Gasteiger partial charge in [-0.2, -0.15) is 11.8 Å². The van der Waals surface area contributed by atoms with E-state index in [4.69, 9.17) is 10.5 Å². The molecule has 4 heteroatoms. The summed E-state index contributed by atoms with van der Waals surface area (Å²) in [6, 6.07) is 2.12. The summed E-state index contributed by atoms with van der Waals surface area (Å²) < 4.78 is 5.44. The summed E-state index contributed by atoms with van der Waals surface area (Å²) in [6.07, 6.45) is 4.81. The van der Waals surface area contributed by atoms with Crippen LogP contribution in [0.2, 0.25) is 0 Å². The van der Waals surface area contributed by atoms with Crippen LogP contribution in [0, 0.1) is 5.92 Å². The summed E-state index contributed by atoms with van der Waals surface area (Å²) in [6.45, 7) is 2.64. The van der Waals surface area contributed by atoms with E-state index >= 15 is 0 Å². The van der Waals surface area contributed by atoms with Gasteiger partial charge in [0.1, 0.15) is 5.75 Å². The third-order valence-corrected chi connectivity index (χ3v) is 4.09. The largest absolute Gasteiger partial charge is 0.492 e. The highest BCUT2D eigenvalue weighted by atomic mass is 32.2. The maximum Gasteiger partial charge on any atom is 0.137 e. The van der Waals surface area contributed by atoms with Crippen molar-refractivity contribution in [2.45, 2.75) is 19.4 Å². The van der Waals surface area contributed by atoms with Gasteiger partial charge in [0.05, 0.1) is 12.8 Å². The van der Waals surface area contributed by atoms with Crippen molar-refractivity contribution < 1.29 is 4.74 Å². The van der Waals surface area contributed by atoms with Crippen molar-refractivity contribution in [2.24, 2.45) is 11.7 Å². The maximum atomic E-state index is 6.26. The molecule has 0 saturated carbocycles. The summed E-state index contributed by atoms with van der Waals surface area (Å²) in [5.74, 6) is 3.81. The molecule has 1 aliphatic heterocycles. The Kier molecular flexibility index (Phi) is 4.07. The number of rotatable bonds is 4. The van der Waals surface area contributed by atoms with Crippen LogP contribution in [0.25, 0.3) is 0 Å². The van der Waals surface area contributed by atoms with Crippen LogP contribution in [0.5, 0.6) is 5.75 Å². The smallest absolute Gasteiger partial charge is 0.137 e. The van der Waals surface area contributed by atoms with Crippen molar-refractivity contribution in [1.82, 2.24) is 4.98 Å². The van der Waals surface area contributed by atoms with Gasteiger partial charge in [0.2, 0.25) is 0 Å². The van der Waals surface area contributed by atoms with Gasteiger partial charge >= 0.3 is 0 Å². The van der Waals surface area contributed by atoms with E-state index < -0.39 is 0 Å². The van der Waals surface area contributed by atoms with E-state index in [2.05, 4.69) is 4.98 Å². The van der Waals surface area contributed by atoms with Crippen molar-refractivity contribution >= 4 is 11.8 Å². The molecule has 0 aromatic carbocycles. The average molecular weight is 238 g/mol. The fourth-order valence-electron chi connectivity index (χ4n) is 1.97. The second-order valence-corrected chi connectivity index (χ2v) is 5.19. The average Bonchev–Trinajstić information content (AvgIpc) is 2.82. The summed E-state index contributed by atoms with van der Waals surface area (Å²) >= 11 is 1.99. The molecular formula is C12H18N2OS. The second-order valence-electron chi connectivity index (χ2n) is 4.04. The number of hydrogen-bond acceptors (Lipinski definition) is 4. The fourth-order valence-corrected chi connectivity index (χ4v) is 3.28. The van der Waals surface area contributed by atoms with E-state index in [0.717, 1.165) is 11.3 Å². The molecule has 0 spiro atoms. The molecule has 1 saturated heterocycles. The molecule has 16 heavy (non-hydrogen) atoms. The molecule has 2 atom stereocenters. The molecule has 88 valence electrons. The van der Waals surface area contributed by atoms with Crippen LogP contribution in [0.1, 0.15) is 24.9 Å². The Morgan fingerprint density at radius 1 is 1.62 bits per heavy atom. The lowest BCUT2D eigenvalue weighted by Crippen LogP contribution is -2.21. The normalized spacial score (nSPS) is 22.0. The number of hydrogen-bond donors (Lipinski definition) is 1. The van der Waals surface area contributed by atoms with Gasteiger partial charge in [0.25, 0.3) is 0 Å². The Morgan fingerprint density at radius 3 is 3.19 bits per heavy atom. The summed E-state index contributed by atoms with van der Waals surface area (Å²) in [4.78, 5) is 4.18. The molecule has 0 bridgehead atoms. The number of nitrogens with two attached hydrogens (primary N) is 1. The predicted molar refractivity (Wildman–Crippen MR) is 67.8 cm³/mol. The third kappa shape index (κ3) is 2.68. The van der Waals surface area contributed by atoms with E-state index in [1.54, 1.807) is 6.20 Å². The zero-order chi connectivity index (χ0) is 11.4. The minimum absolute atomic E-state index is 0.0999. The Labute approximate surface area is 101 Å². The molecule has 1 aliphatic rings. The number of aromatic nitrogens is 1. The van der Waals surface area contributed by atoms with Crippen molar-refractivity contribution in [2.75, 3.05) is 18.1 Å². The van der Waals surface area contributed by atoms with E-state index in [1.165, 1.54) is 17.9 Å². The van der Waals surface area contributed by atoms with Crippen LogP contribution in [-0.4, -0.2) is 23.1 Å². The van der Waals surface area contributed by atoms with Gasteiger partial charge < -0.3 is 10.5 Å². The number of nitrogens with zero attached hydrogens (tertiary/aromatic N) is 1. The van der Waals surface area contributed by atoms with Crippen LogP contribution in [-0.2, 0) is 0 Å². The summed E-state index contributed by atoms with van der Waals surface area (Å²) in [5.41, 5.74) is 7.35. The molecule has 1 fully saturated rings. The lowest BCUT2D eigenvalue weighted by Gasteiger charge is -2.18. The van der Waals surface area contributed by atoms with Crippen LogP contribution < -0.4 is 10.5 Å². The van der Waals surface area contributed by atoms with Gasteiger partial charge in [-0.1, -0.05) is 0 Å². The standard InChI is InChI=1S/C12H18N2OS/c1-2-15-11-5-10(6-14-7-11)12(13)9-3-4-16-8-9/h5-7,9,12H,2-4,8,13H2,1H3. The van der Waals surface area contributed by atoms with E-state index in [9.17, 15) is 0 Å². The van der Waals surface area contributed by atoms with Gasteiger partial charge in [0, 0.05) is 12.2 Å². The Balaban J connectivity index is 2.09. The van der Waals surface area contributed by atoms with Gasteiger partial charge in [-0.15, -0.1) is 0 Å². The van der Waals surface area contributed by atoms with Crippen LogP contribution in [0.4, 0.5) is 0 Å². The SMILES string of the molecule is CCOc1cncc(C(N)C2CCSC2)c1. The van der Waals surface area contributed by atoms with Crippen molar-refractivity contribution in [3.05, 3.63) is 24.0 Å². The predicted octanol–water partition coefficient (Wildman–Crippen LogP) is 2.23. The molecule has 2 unspecified atom stereocenters. The first-order chi connectivity index (χ1) is 7.81. The van der Waals surface area contributed by atoms with Gasteiger partial charge in [-0.3, -0.25) is 4.98 Å². The highest BCUT2D eigenvalue weighted by Crippen LogP contribution is 2.33. The van der Waals surface area contributed by atoms with Gasteiger partial charge in [-0.25, -0.2) is 0 Å². The van der Waals surface area contributed by atoms with E-state index in [-0.39, 0.29) is 6.04 Å². The van der Waals surface area contributed by atoms with Gasteiger partial charge in [-0.05, 0) is 42.4 Å². The first kappa shape index (κ1) is 11.7. The zero-order valence-electron chi connectivity index (χ0n) is 9.56. The molecule has 2 rings (SSSR count). The lowest BCUT2D eigenvalue weighted by molar-refractivity contribution is 0.337. The maximum absolute atomic E-state index is 6.26. The molecule has 0 aliphatic carbocycles. The number of thioether (sulfide) groups is 1. The highest BCUT2D eigenvalue weighted by molar-refractivity contribution is 7.99. The van der Waals surface area contributed by atoms with E-state index in [0.29, 0.717) is 12.5 Å². The molecule has 0 radical (unpaired) electrons. The molecule has 0 amide bonds. The van der Waals surface area contributed by atoms with Crippen LogP contribution in [0.15, 0.2) is 18.5 Å².